The minimum atomic E-state index is -1.80. The van der Waals surface area contributed by atoms with E-state index in [1.807, 2.05) is 0 Å². The first-order chi connectivity index (χ1) is 10.5. The molecule has 23 heavy (non-hydrogen) atoms. The number of carbonyl (C=O) groups is 2. The van der Waals surface area contributed by atoms with Gasteiger partial charge in [0.05, 0.1) is 0 Å². The van der Waals surface area contributed by atoms with E-state index in [2.05, 4.69) is 38.6 Å². The van der Waals surface area contributed by atoms with Crippen LogP contribution in [0.25, 0.3) is 0 Å². The Morgan fingerprint density at radius 3 is 1.96 bits per heavy atom. The maximum Gasteiger partial charge on any atom is 0.195 e. The van der Waals surface area contributed by atoms with E-state index in [1.165, 1.54) is 12.2 Å². The first kappa shape index (κ1) is 19.9. The second-order valence-electron chi connectivity index (χ2n) is 6.91. The molecule has 130 valence electrons. The van der Waals surface area contributed by atoms with Gasteiger partial charge < -0.3 is 19.0 Å². The van der Waals surface area contributed by atoms with Gasteiger partial charge in [-0.05, 0) is 42.4 Å². The van der Waals surface area contributed by atoms with Gasteiger partial charge in [-0.3, -0.25) is 9.59 Å². The standard InChI is InChI=1S/C11H20O3Si.C5H6O3/c1-11(2,3)15(4,5)14-10-7-6-9(12)8-13-10;6-4-1-2-5(7)8-3-4/h6-7,10H,8H2,1-5H3;1-2,5,7H,3H2. The molecule has 0 fully saturated rings. The molecular weight excluding hydrogens is 316 g/mol. The summed E-state index contributed by atoms with van der Waals surface area (Å²) in [5, 5.41) is 8.72. The van der Waals surface area contributed by atoms with Gasteiger partial charge in [0, 0.05) is 0 Å². The Morgan fingerprint density at radius 1 is 1.09 bits per heavy atom. The lowest BCUT2D eigenvalue weighted by molar-refractivity contribution is -0.131. The van der Waals surface area contributed by atoms with Gasteiger partial charge in [0.1, 0.15) is 13.2 Å². The molecule has 7 heteroatoms. The number of ether oxygens (including phenoxy) is 2. The number of ketones is 2. The summed E-state index contributed by atoms with van der Waals surface area (Å²) in [6.07, 6.45) is 4.64. The molecule has 0 aliphatic carbocycles. The first-order valence-electron chi connectivity index (χ1n) is 7.52. The third-order valence-electron chi connectivity index (χ3n) is 3.89. The Kier molecular flexibility index (Phi) is 7.03. The van der Waals surface area contributed by atoms with Crippen molar-refractivity contribution in [2.45, 2.75) is 51.5 Å². The van der Waals surface area contributed by atoms with Crippen LogP contribution in [0.3, 0.4) is 0 Å². The minimum Gasteiger partial charge on any atom is -0.389 e. The molecule has 0 amide bonds. The van der Waals surface area contributed by atoms with Gasteiger partial charge in [0.15, 0.2) is 32.5 Å². The molecule has 2 rings (SSSR count). The highest BCUT2D eigenvalue weighted by Crippen LogP contribution is 2.37. The van der Waals surface area contributed by atoms with Crippen LogP contribution in [0.4, 0.5) is 0 Å². The van der Waals surface area contributed by atoms with Gasteiger partial charge in [-0.1, -0.05) is 20.8 Å². The second-order valence-corrected chi connectivity index (χ2v) is 11.7. The molecule has 2 aliphatic heterocycles. The molecule has 0 aromatic heterocycles. The van der Waals surface area contributed by atoms with Crippen molar-refractivity contribution in [1.29, 1.82) is 0 Å². The molecule has 6 nitrogen and oxygen atoms in total. The Labute approximate surface area is 138 Å². The van der Waals surface area contributed by atoms with Crippen LogP contribution in [0, 0.1) is 0 Å². The topological polar surface area (TPSA) is 82.1 Å². The minimum absolute atomic E-state index is 0.00231. The van der Waals surface area contributed by atoms with Gasteiger partial charge in [-0.15, -0.1) is 0 Å². The molecule has 0 saturated heterocycles. The molecule has 0 radical (unpaired) electrons. The summed E-state index contributed by atoms with van der Waals surface area (Å²) in [4.78, 5) is 21.2. The van der Waals surface area contributed by atoms with Crippen molar-refractivity contribution in [3.63, 3.8) is 0 Å². The predicted molar refractivity (Wildman–Crippen MR) is 88.3 cm³/mol. The van der Waals surface area contributed by atoms with Gasteiger partial charge in [-0.25, -0.2) is 0 Å². The van der Waals surface area contributed by atoms with Crippen LogP contribution in [0.15, 0.2) is 24.3 Å². The molecule has 0 saturated carbocycles. The molecule has 1 N–H and O–H groups in total. The molecule has 2 atom stereocenters. The molecule has 0 bridgehead atoms. The van der Waals surface area contributed by atoms with Crippen LogP contribution >= 0.6 is 0 Å². The summed E-state index contributed by atoms with van der Waals surface area (Å²) >= 11 is 0. The van der Waals surface area contributed by atoms with E-state index in [4.69, 9.17) is 14.3 Å². The summed E-state index contributed by atoms with van der Waals surface area (Å²) < 4.78 is 15.8. The monoisotopic (exact) mass is 342 g/mol. The Balaban J connectivity index is 0.000000277. The average Bonchev–Trinajstić information content (AvgIpc) is 2.44. The SMILES string of the molecule is CC(C)(C)[Si](C)(C)OC1C=CC(=O)CO1.O=C1C=CC(O)OC1. The lowest BCUT2D eigenvalue weighted by atomic mass is 10.2. The fraction of sp³-hybridized carbons (Fsp3) is 0.625. The molecule has 0 aromatic rings. The van der Waals surface area contributed by atoms with Gasteiger partial charge in [-0.2, -0.15) is 0 Å². The zero-order valence-corrected chi connectivity index (χ0v) is 15.4. The Morgan fingerprint density at radius 2 is 1.61 bits per heavy atom. The highest BCUT2D eigenvalue weighted by Gasteiger charge is 2.39. The molecule has 2 heterocycles. The average molecular weight is 342 g/mol. The van der Waals surface area contributed by atoms with E-state index in [1.54, 1.807) is 12.2 Å². The van der Waals surface area contributed by atoms with E-state index in [0.29, 0.717) is 0 Å². The van der Waals surface area contributed by atoms with Crippen LogP contribution in [0.1, 0.15) is 20.8 Å². The lowest BCUT2D eigenvalue weighted by Gasteiger charge is -2.38. The third-order valence-corrected chi connectivity index (χ3v) is 8.32. The fourth-order valence-electron chi connectivity index (χ4n) is 1.46. The summed E-state index contributed by atoms with van der Waals surface area (Å²) in [7, 11) is -1.80. The summed E-state index contributed by atoms with van der Waals surface area (Å²) in [5.41, 5.74) is 0. The number of aliphatic hydroxyl groups is 1. The van der Waals surface area contributed by atoms with Crippen molar-refractivity contribution in [2.24, 2.45) is 0 Å². The second kappa shape index (κ2) is 8.12. The van der Waals surface area contributed by atoms with Crippen LogP contribution in [0.5, 0.6) is 0 Å². The first-order valence-corrected chi connectivity index (χ1v) is 10.4. The smallest absolute Gasteiger partial charge is 0.195 e. The van der Waals surface area contributed by atoms with Crippen LogP contribution < -0.4 is 0 Å². The number of carbonyl (C=O) groups excluding carboxylic acids is 2. The van der Waals surface area contributed by atoms with Crippen molar-refractivity contribution < 1.29 is 28.6 Å². The third kappa shape index (κ3) is 6.88. The lowest BCUT2D eigenvalue weighted by Crippen LogP contribution is -2.45. The number of rotatable bonds is 2. The largest absolute Gasteiger partial charge is 0.389 e. The number of hydrogen-bond donors (Lipinski definition) is 1. The summed E-state index contributed by atoms with van der Waals surface area (Å²) in [6, 6.07) is 0. The van der Waals surface area contributed by atoms with E-state index in [-0.39, 0.29) is 36.1 Å². The van der Waals surface area contributed by atoms with Crippen LogP contribution in [-0.4, -0.2) is 50.8 Å². The number of aliphatic hydroxyl groups excluding tert-OH is 1. The molecule has 0 aromatic carbocycles. The maximum absolute atomic E-state index is 10.9. The summed E-state index contributed by atoms with van der Waals surface area (Å²) in [6.45, 7) is 11.0. The quantitative estimate of drug-likeness (QED) is 0.773. The van der Waals surface area contributed by atoms with Crippen molar-refractivity contribution in [3.05, 3.63) is 24.3 Å². The highest BCUT2D eigenvalue weighted by atomic mass is 28.4. The van der Waals surface area contributed by atoms with Crippen molar-refractivity contribution in [1.82, 2.24) is 0 Å². The van der Waals surface area contributed by atoms with E-state index < -0.39 is 14.6 Å². The van der Waals surface area contributed by atoms with Crippen molar-refractivity contribution in [2.75, 3.05) is 13.2 Å². The fourth-order valence-corrected chi connectivity index (χ4v) is 2.54. The molecule has 2 unspecified atom stereocenters. The molecule has 2 aliphatic rings. The molecule has 0 spiro atoms. The van der Waals surface area contributed by atoms with Crippen LogP contribution in [0.2, 0.25) is 18.1 Å². The zero-order chi connectivity index (χ0) is 17.7. The Hall–Kier alpha value is -1.12. The van der Waals surface area contributed by atoms with Crippen molar-refractivity contribution in [3.8, 4) is 0 Å². The number of hydrogen-bond acceptors (Lipinski definition) is 6. The Bertz CT molecular complexity index is 489. The zero-order valence-electron chi connectivity index (χ0n) is 14.4. The molecular formula is C16H26O6Si. The van der Waals surface area contributed by atoms with Gasteiger partial charge >= 0.3 is 0 Å². The van der Waals surface area contributed by atoms with Gasteiger partial charge in [0.25, 0.3) is 0 Å². The predicted octanol–water partition coefficient (Wildman–Crippen LogP) is 1.95. The van der Waals surface area contributed by atoms with Gasteiger partial charge in [0.2, 0.25) is 0 Å². The maximum atomic E-state index is 10.9. The van der Waals surface area contributed by atoms with E-state index in [0.717, 1.165) is 0 Å². The summed E-state index contributed by atoms with van der Waals surface area (Å²) in [5.74, 6) is -0.0969. The normalized spacial score (nSPS) is 25.1. The van der Waals surface area contributed by atoms with E-state index >= 15 is 0 Å². The van der Waals surface area contributed by atoms with Crippen LogP contribution in [-0.2, 0) is 23.5 Å². The van der Waals surface area contributed by atoms with E-state index in [9.17, 15) is 9.59 Å². The highest BCUT2D eigenvalue weighted by molar-refractivity contribution is 6.74. The van der Waals surface area contributed by atoms with Crippen molar-refractivity contribution >= 4 is 19.9 Å².